The number of nitrogens with two attached hydrogens (primary N) is 1. The normalized spacial score (nSPS) is 24.2. The smallest absolute Gasteiger partial charge is 0.0645 e. The van der Waals surface area contributed by atoms with E-state index in [1.807, 2.05) is 30.1 Å². The average molecular weight is 237 g/mol. The number of nitrogens with zero attached hydrogens (tertiary/aromatic N) is 2. The fraction of sp³-hybridized carbons (Fsp3) is 0.583. The molecule has 2 unspecified atom stereocenters. The van der Waals surface area contributed by atoms with E-state index in [2.05, 4.69) is 22.9 Å². The predicted molar refractivity (Wildman–Crippen MR) is 69.5 cm³/mol. The topological polar surface area (TPSA) is 42.1 Å². The summed E-state index contributed by atoms with van der Waals surface area (Å²) in [6.07, 6.45) is 1.85. The summed E-state index contributed by atoms with van der Waals surface area (Å²) < 4.78 is 0. The van der Waals surface area contributed by atoms with Crippen molar-refractivity contribution in [3.8, 4) is 0 Å². The summed E-state index contributed by atoms with van der Waals surface area (Å²) >= 11 is 2.04. The molecule has 2 heterocycles. The number of hydrogen-bond donors (Lipinski definition) is 1. The van der Waals surface area contributed by atoms with E-state index < -0.39 is 0 Å². The third kappa shape index (κ3) is 2.75. The lowest BCUT2D eigenvalue weighted by molar-refractivity contribution is 0.207. The van der Waals surface area contributed by atoms with Gasteiger partial charge < -0.3 is 5.73 Å². The van der Waals surface area contributed by atoms with Gasteiger partial charge >= 0.3 is 0 Å². The van der Waals surface area contributed by atoms with Gasteiger partial charge in [-0.25, -0.2) is 0 Å². The van der Waals surface area contributed by atoms with E-state index in [-0.39, 0.29) is 6.04 Å². The van der Waals surface area contributed by atoms with Crippen LogP contribution in [-0.4, -0.2) is 40.5 Å². The van der Waals surface area contributed by atoms with E-state index in [9.17, 15) is 0 Å². The number of hydrogen-bond acceptors (Lipinski definition) is 4. The van der Waals surface area contributed by atoms with E-state index in [0.717, 1.165) is 18.8 Å². The third-order valence-electron chi connectivity index (χ3n) is 2.97. The molecule has 2 N–H and O–H groups in total. The highest BCUT2D eigenvalue weighted by Gasteiger charge is 2.24. The molecule has 1 aromatic rings. The Balaban J connectivity index is 2.10. The largest absolute Gasteiger partial charge is 0.329 e. The molecule has 0 saturated carbocycles. The Hall–Kier alpha value is -0.580. The SMILES string of the molecule is CC1CN(C(CN)c2ccccn2)CCS1. The molecule has 2 rings (SSSR count). The second-order valence-corrected chi connectivity index (χ2v) is 5.73. The Morgan fingerprint density at radius 2 is 2.50 bits per heavy atom. The van der Waals surface area contributed by atoms with Crippen molar-refractivity contribution in [2.75, 3.05) is 25.4 Å². The summed E-state index contributed by atoms with van der Waals surface area (Å²) in [6.45, 7) is 5.16. The Morgan fingerprint density at radius 1 is 1.62 bits per heavy atom. The number of pyridine rings is 1. The fourth-order valence-electron chi connectivity index (χ4n) is 2.16. The first-order valence-electron chi connectivity index (χ1n) is 5.78. The number of rotatable bonds is 3. The Bertz CT molecular complexity index is 317. The molecule has 0 amide bonds. The molecule has 1 aliphatic rings. The van der Waals surface area contributed by atoms with Crippen molar-refractivity contribution in [1.29, 1.82) is 0 Å². The first kappa shape index (κ1) is 11.9. The van der Waals surface area contributed by atoms with Crippen LogP contribution in [0.5, 0.6) is 0 Å². The van der Waals surface area contributed by atoms with E-state index in [0.29, 0.717) is 11.8 Å². The Morgan fingerprint density at radius 3 is 3.12 bits per heavy atom. The van der Waals surface area contributed by atoms with Crippen LogP contribution in [0.25, 0.3) is 0 Å². The van der Waals surface area contributed by atoms with Gasteiger partial charge in [0.1, 0.15) is 0 Å². The number of aromatic nitrogens is 1. The van der Waals surface area contributed by atoms with Crippen molar-refractivity contribution in [3.63, 3.8) is 0 Å². The van der Waals surface area contributed by atoms with Crippen molar-refractivity contribution < 1.29 is 0 Å². The molecule has 1 aromatic heterocycles. The van der Waals surface area contributed by atoms with Crippen molar-refractivity contribution in [2.24, 2.45) is 5.73 Å². The van der Waals surface area contributed by atoms with Crippen LogP contribution in [0.4, 0.5) is 0 Å². The average Bonchev–Trinajstić information content (AvgIpc) is 2.31. The zero-order valence-electron chi connectivity index (χ0n) is 9.67. The molecule has 88 valence electrons. The van der Waals surface area contributed by atoms with Crippen LogP contribution in [0.3, 0.4) is 0 Å². The van der Waals surface area contributed by atoms with Gasteiger partial charge in [-0.2, -0.15) is 11.8 Å². The van der Waals surface area contributed by atoms with Gasteiger partial charge in [0.25, 0.3) is 0 Å². The lowest BCUT2D eigenvalue weighted by Gasteiger charge is -2.36. The van der Waals surface area contributed by atoms with Gasteiger partial charge in [-0.05, 0) is 12.1 Å². The van der Waals surface area contributed by atoms with E-state index in [1.54, 1.807) is 0 Å². The van der Waals surface area contributed by atoms with Crippen molar-refractivity contribution >= 4 is 11.8 Å². The maximum Gasteiger partial charge on any atom is 0.0645 e. The molecule has 4 heteroatoms. The Kier molecular flexibility index (Phi) is 4.21. The monoisotopic (exact) mass is 237 g/mol. The highest BCUT2D eigenvalue weighted by Crippen LogP contribution is 2.25. The highest BCUT2D eigenvalue weighted by molar-refractivity contribution is 7.99. The number of thioether (sulfide) groups is 1. The lowest BCUT2D eigenvalue weighted by Crippen LogP contribution is -2.42. The molecule has 0 aromatic carbocycles. The molecular formula is C12H19N3S. The minimum absolute atomic E-state index is 0.282. The zero-order valence-corrected chi connectivity index (χ0v) is 10.5. The van der Waals surface area contributed by atoms with Gasteiger partial charge in [-0.3, -0.25) is 9.88 Å². The second kappa shape index (κ2) is 5.66. The summed E-state index contributed by atoms with van der Waals surface area (Å²) in [5.41, 5.74) is 6.99. The first-order chi connectivity index (χ1) is 7.81. The van der Waals surface area contributed by atoms with Crippen LogP contribution < -0.4 is 5.73 Å². The van der Waals surface area contributed by atoms with Gasteiger partial charge in [0.05, 0.1) is 11.7 Å². The minimum Gasteiger partial charge on any atom is -0.329 e. The van der Waals surface area contributed by atoms with Crippen molar-refractivity contribution in [1.82, 2.24) is 9.88 Å². The molecule has 1 saturated heterocycles. The highest BCUT2D eigenvalue weighted by atomic mass is 32.2. The zero-order chi connectivity index (χ0) is 11.4. The molecule has 0 bridgehead atoms. The van der Waals surface area contributed by atoms with E-state index in [4.69, 9.17) is 5.73 Å². The maximum atomic E-state index is 5.89. The summed E-state index contributed by atoms with van der Waals surface area (Å²) in [5.74, 6) is 1.20. The maximum absolute atomic E-state index is 5.89. The van der Waals surface area contributed by atoms with Crippen LogP contribution >= 0.6 is 11.8 Å². The minimum atomic E-state index is 0.282. The van der Waals surface area contributed by atoms with E-state index in [1.165, 1.54) is 5.75 Å². The first-order valence-corrected chi connectivity index (χ1v) is 6.83. The van der Waals surface area contributed by atoms with Crippen LogP contribution in [-0.2, 0) is 0 Å². The molecule has 1 aliphatic heterocycles. The Labute approximate surface area is 101 Å². The van der Waals surface area contributed by atoms with Gasteiger partial charge in [0.15, 0.2) is 0 Å². The van der Waals surface area contributed by atoms with Gasteiger partial charge in [-0.15, -0.1) is 0 Å². The molecule has 0 radical (unpaired) electrons. The van der Waals surface area contributed by atoms with Crippen LogP contribution in [0, 0.1) is 0 Å². The summed E-state index contributed by atoms with van der Waals surface area (Å²) in [7, 11) is 0. The van der Waals surface area contributed by atoms with Crippen molar-refractivity contribution in [3.05, 3.63) is 30.1 Å². The predicted octanol–water partition coefficient (Wildman–Crippen LogP) is 1.52. The van der Waals surface area contributed by atoms with Gasteiger partial charge in [-0.1, -0.05) is 13.0 Å². The third-order valence-corrected chi connectivity index (χ3v) is 4.10. The van der Waals surface area contributed by atoms with E-state index >= 15 is 0 Å². The quantitative estimate of drug-likeness (QED) is 0.865. The second-order valence-electron chi connectivity index (χ2n) is 4.18. The molecule has 1 fully saturated rings. The molecule has 0 spiro atoms. The van der Waals surface area contributed by atoms with Crippen LogP contribution in [0.15, 0.2) is 24.4 Å². The standard InChI is InChI=1S/C12H19N3S/c1-10-9-15(6-7-16-10)12(8-13)11-4-2-3-5-14-11/h2-5,10,12H,6-9,13H2,1H3. The molecule has 0 aliphatic carbocycles. The van der Waals surface area contributed by atoms with Crippen LogP contribution in [0.1, 0.15) is 18.7 Å². The molecule has 2 atom stereocenters. The molecule has 16 heavy (non-hydrogen) atoms. The fourth-order valence-corrected chi connectivity index (χ4v) is 3.20. The van der Waals surface area contributed by atoms with Crippen LogP contribution in [0.2, 0.25) is 0 Å². The lowest BCUT2D eigenvalue weighted by atomic mass is 10.1. The van der Waals surface area contributed by atoms with Gasteiger partial charge in [0, 0.05) is 36.8 Å². The summed E-state index contributed by atoms with van der Waals surface area (Å²) in [4.78, 5) is 6.88. The summed E-state index contributed by atoms with van der Waals surface area (Å²) in [5, 5.41) is 0.700. The van der Waals surface area contributed by atoms with Crippen molar-refractivity contribution in [2.45, 2.75) is 18.2 Å². The molecular weight excluding hydrogens is 218 g/mol. The molecule has 3 nitrogen and oxygen atoms in total. The van der Waals surface area contributed by atoms with Gasteiger partial charge in [0.2, 0.25) is 0 Å². The summed E-state index contributed by atoms with van der Waals surface area (Å²) in [6, 6.07) is 6.34.